The van der Waals surface area contributed by atoms with Crippen LogP contribution in [0.3, 0.4) is 0 Å². The van der Waals surface area contributed by atoms with Gasteiger partial charge in [-0.25, -0.2) is 0 Å². The van der Waals surface area contributed by atoms with Crippen LogP contribution in [0.4, 0.5) is 11.4 Å². The fourth-order valence-corrected chi connectivity index (χ4v) is 2.09. The molecule has 1 aromatic heterocycles. The smallest absolute Gasteiger partial charge is 0.269 e. The summed E-state index contributed by atoms with van der Waals surface area (Å²) in [5.74, 6) is 0. The van der Waals surface area contributed by atoms with Crippen molar-refractivity contribution < 1.29 is 4.92 Å². The van der Waals surface area contributed by atoms with E-state index in [1.54, 1.807) is 25.1 Å². The first-order valence-corrected chi connectivity index (χ1v) is 6.37. The van der Waals surface area contributed by atoms with Crippen molar-refractivity contribution in [3.8, 4) is 6.07 Å². The van der Waals surface area contributed by atoms with Crippen LogP contribution in [0.2, 0.25) is 0 Å². The van der Waals surface area contributed by atoms with Gasteiger partial charge in [-0.15, -0.1) is 0 Å². The molecule has 0 amide bonds. The average molecular weight is 282 g/mol. The zero-order valence-electron chi connectivity index (χ0n) is 11.8. The summed E-state index contributed by atoms with van der Waals surface area (Å²) < 4.78 is 0. The van der Waals surface area contributed by atoms with Gasteiger partial charge in [-0.1, -0.05) is 12.1 Å². The summed E-state index contributed by atoms with van der Waals surface area (Å²) in [4.78, 5) is 14.6. The first-order valence-electron chi connectivity index (χ1n) is 6.37. The van der Waals surface area contributed by atoms with E-state index in [1.807, 2.05) is 6.92 Å². The van der Waals surface area contributed by atoms with Crippen LogP contribution < -0.4 is 5.32 Å². The van der Waals surface area contributed by atoms with Gasteiger partial charge in [0, 0.05) is 24.4 Å². The predicted octanol–water partition coefficient (Wildman–Crippen LogP) is 3.09. The van der Waals surface area contributed by atoms with Crippen molar-refractivity contribution in [1.82, 2.24) is 4.98 Å². The molecule has 0 aliphatic rings. The van der Waals surface area contributed by atoms with E-state index < -0.39 is 4.92 Å². The van der Waals surface area contributed by atoms with Gasteiger partial charge in [0.25, 0.3) is 5.69 Å². The summed E-state index contributed by atoms with van der Waals surface area (Å²) >= 11 is 0. The number of pyridine rings is 1. The van der Waals surface area contributed by atoms with Crippen LogP contribution in [-0.2, 0) is 6.54 Å². The highest BCUT2D eigenvalue weighted by molar-refractivity contribution is 5.60. The van der Waals surface area contributed by atoms with E-state index >= 15 is 0 Å². The molecule has 0 unspecified atom stereocenters. The third kappa shape index (κ3) is 3.34. The van der Waals surface area contributed by atoms with Gasteiger partial charge in [-0.3, -0.25) is 15.1 Å². The highest BCUT2D eigenvalue weighted by Crippen LogP contribution is 2.20. The number of anilines is 1. The molecule has 0 atom stereocenters. The van der Waals surface area contributed by atoms with Crippen molar-refractivity contribution in [3.05, 3.63) is 63.0 Å². The molecule has 0 bridgehead atoms. The molecule has 0 radical (unpaired) electrons. The van der Waals surface area contributed by atoms with E-state index in [0.717, 1.165) is 11.3 Å². The Morgan fingerprint density at radius 2 is 2.14 bits per heavy atom. The second kappa shape index (κ2) is 6.01. The maximum absolute atomic E-state index is 10.8. The number of non-ortho nitro benzene ring substituents is 1. The highest BCUT2D eigenvalue weighted by Gasteiger charge is 2.09. The molecular weight excluding hydrogens is 268 g/mol. The molecule has 2 rings (SSSR count). The molecule has 0 saturated carbocycles. The molecule has 1 N–H and O–H groups in total. The SMILES string of the molecule is Cc1cc(NCc2cccc([N+](=O)[O-])c2)c(C#N)c(C)n1. The van der Waals surface area contributed by atoms with Gasteiger partial charge in [0.05, 0.1) is 21.9 Å². The van der Waals surface area contributed by atoms with Gasteiger partial charge in [0.15, 0.2) is 0 Å². The van der Waals surface area contributed by atoms with E-state index in [0.29, 0.717) is 23.5 Å². The number of benzene rings is 1. The van der Waals surface area contributed by atoms with Crippen LogP contribution in [0, 0.1) is 35.3 Å². The van der Waals surface area contributed by atoms with E-state index in [4.69, 9.17) is 0 Å². The first kappa shape index (κ1) is 14.5. The van der Waals surface area contributed by atoms with Crippen molar-refractivity contribution >= 4 is 11.4 Å². The number of rotatable bonds is 4. The zero-order valence-corrected chi connectivity index (χ0v) is 11.8. The van der Waals surface area contributed by atoms with E-state index in [9.17, 15) is 15.4 Å². The van der Waals surface area contributed by atoms with Gasteiger partial charge in [-0.05, 0) is 25.5 Å². The third-order valence-corrected chi connectivity index (χ3v) is 3.04. The molecule has 2 aromatic rings. The highest BCUT2D eigenvalue weighted by atomic mass is 16.6. The summed E-state index contributed by atoms with van der Waals surface area (Å²) in [7, 11) is 0. The van der Waals surface area contributed by atoms with Crippen LogP contribution in [-0.4, -0.2) is 9.91 Å². The summed E-state index contributed by atoms with van der Waals surface area (Å²) in [6, 6.07) is 10.3. The Bertz CT molecular complexity index is 735. The predicted molar refractivity (Wildman–Crippen MR) is 78.8 cm³/mol. The van der Waals surface area contributed by atoms with E-state index in [-0.39, 0.29) is 5.69 Å². The largest absolute Gasteiger partial charge is 0.380 e. The zero-order chi connectivity index (χ0) is 15.4. The molecule has 106 valence electrons. The number of hydrogen-bond donors (Lipinski definition) is 1. The molecule has 6 heteroatoms. The molecule has 0 aliphatic carbocycles. The minimum atomic E-state index is -0.426. The molecule has 1 aromatic carbocycles. The standard InChI is InChI=1S/C15H14N4O2/c1-10-6-15(14(8-16)11(2)18-10)17-9-12-4-3-5-13(7-12)19(20)21/h3-7H,9H2,1-2H3,(H,17,18). The Hall–Kier alpha value is -2.94. The molecule has 6 nitrogen and oxygen atoms in total. The Kier molecular flexibility index (Phi) is 4.14. The lowest BCUT2D eigenvalue weighted by molar-refractivity contribution is -0.384. The second-order valence-electron chi connectivity index (χ2n) is 4.66. The lowest BCUT2D eigenvalue weighted by Gasteiger charge is -2.10. The molecule has 0 fully saturated rings. The first-order chi connectivity index (χ1) is 10.0. The van der Waals surface area contributed by atoms with Crippen molar-refractivity contribution in [1.29, 1.82) is 5.26 Å². The fraction of sp³-hybridized carbons (Fsp3) is 0.200. The quantitative estimate of drug-likeness (QED) is 0.687. The molecule has 21 heavy (non-hydrogen) atoms. The summed E-state index contributed by atoms with van der Waals surface area (Å²) in [6.45, 7) is 4.04. The molecule has 0 aliphatic heterocycles. The Morgan fingerprint density at radius 3 is 2.81 bits per heavy atom. The lowest BCUT2D eigenvalue weighted by Crippen LogP contribution is -2.04. The molecular formula is C15H14N4O2. The van der Waals surface area contributed by atoms with Gasteiger partial charge < -0.3 is 5.32 Å². The van der Waals surface area contributed by atoms with E-state index in [2.05, 4.69) is 16.4 Å². The Morgan fingerprint density at radius 1 is 1.38 bits per heavy atom. The topological polar surface area (TPSA) is 91.9 Å². The number of nitro groups is 1. The summed E-state index contributed by atoms with van der Waals surface area (Å²) in [5.41, 5.74) is 3.49. The van der Waals surface area contributed by atoms with Crippen molar-refractivity contribution in [2.45, 2.75) is 20.4 Å². The third-order valence-electron chi connectivity index (χ3n) is 3.04. The Balaban J connectivity index is 2.23. The Labute approximate surface area is 122 Å². The van der Waals surface area contributed by atoms with Gasteiger partial charge >= 0.3 is 0 Å². The number of aryl methyl sites for hydroxylation is 2. The summed E-state index contributed by atoms with van der Waals surface area (Å²) in [5, 5.41) is 23.1. The van der Waals surface area contributed by atoms with Crippen LogP contribution >= 0.6 is 0 Å². The number of nitriles is 1. The van der Waals surface area contributed by atoms with Crippen molar-refractivity contribution in [2.24, 2.45) is 0 Å². The van der Waals surface area contributed by atoms with Crippen LogP contribution in [0.1, 0.15) is 22.5 Å². The van der Waals surface area contributed by atoms with Gasteiger partial charge in [0.1, 0.15) is 6.07 Å². The van der Waals surface area contributed by atoms with Gasteiger partial charge in [0.2, 0.25) is 0 Å². The van der Waals surface area contributed by atoms with Gasteiger partial charge in [-0.2, -0.15) is 5.26 Å². The van der Waals surface area contributed by atoms with Crippen LogP contribution in [0.25, 0.3) is 0 Å². The fourth-order valence-electron chi connectivity index (χ4n) is 2.09. The second-order valence-corrected chi connectivity index (χ2v) is 4.66. The molecule has 0 saturated heterocycles. The average Bonchev–Trinajstić information content (AvgIpc) is 2.45. The summed E-state index contributed by atoms with van der Waals surface area (Å²) in [6.07, 6.45) is 0. The maximum atomic E-state index is 10.8. The number of nitrogens with one attached hydrogen (secondary N) is 1. The number of hydrogen-bond acceptors (Lipinski definition) is 5. The monoisotopic (exact) mass is 282 g/mol. The van der Waals surface area contributed by atoms with Crippen molar-refractivity contribution in [3.63, 3.8) is 0 Å². The number of nitro benzene ring substituents is 1. The molecule has 0 spiro atoms. The number of aromatic nitrogens is 1. The van der Waals surface area contributed by atoms with Crippen molar-refractivity contribution in [2.75, 3.05) is 5.32 Å². The number of nitrogens with zero attached hydrogens (tertiary/aromatic N) is 3. The van der Waals surface area contributed by atoms with E-state index in [1.165, 1.54) is 12.1 Å². The molecule has 1 heterocycles. The van der Waals surface area contributed by atoms with Crippen LogP contribution in [0.15, 0.2) is 30.3 Å². The minimum Gasteiger partial charge on any atom is -0.380 e. The maximum Gasteiger partial charge on any atom is 0.269 e. The van der Waals surface area contributed by atoms with Crippen LogP contribution in [0.5, 0.6) is 0 Å². The normalized spacial score (nSPS) is 9.95. The minimum absolute atomic E-state index is 0.0527. The lowest BCUT2D eigenvalue weighted by atomic mass is 10.1.